The van der Waals surface area contributed by atoms with Gasteiger partial charge in [0, 0.05) is 12.1 Å². The van der Waals surface area contributed by atoms with Gasteiger partial charge in [-0.1, -0.05) is 6.42 Å². The summed E-state index contributed by atoms with van der Waals surface area (Å²) in [6, 6.07) is 0.818. The molecule has 2 atom stereocenters. The summed E-state index contributed by atoms with van der Waals surface area (Å²) >= 11 is 0. The van der Waals surface area contributed by atoms with Gasteiger partial charge in [0.05, 0.1) is 6.61 Å². The van der Waals surface area contributed by atoms with Crippen molar-refractivity contribution in [2.24, 2.45) is 5.73 Å². The number of carbonyl (C=O) groups excluding carboxylic acids is 1. The van der Waals surface area contributed by atoms with Gasteiger partial charge in [-0.15, -0.1) is 0 Å². The smallest absolute Gasteiger partial charge is 0.326 e. The van der Waals surface area contributed by atoms with E-state index in [1.807, 2.05) is 6.92 Å². The van der Waals surface area contributed by atoms with Crippen LogP contribution < -0.4 is 11.1 Å². The van der Waals surface area contributed by atoms with Crippen molar-refractivity contribution < 1.29 is 9.53 Å². The van der Waals surface area contributed by atoms with E-state index >= 15 is 0 Å². The van der Waals surface area contributed by atoms with Crippen LogP contribution in [0.15, 0.2) is 0 Å². The van der Waals surface area contributed by atoms with E-state index in [1.54, 1.807) is 0 Å². The summed E-state index contributed by atoms with van der Waals surface area (Å²) in [5.41, 5.74) is 5.43. The van der Waals surface area contributed by atoms with E-state index in [1.165, 1.54) is 6.42 Å². The van der Waals surface area contributed by atoms with Crippen LogP contribution in [0.25, 0.3) is 0 Å². The molecule has 2 aliphatic rings. The zero-order valence-electron chi connectivity index (χ0n) is 9.29. The third-order valence-corrected chi connectivity index (χ3v) is 3.48. The number of hydrogen-bond donors (Lipinski definition) is 2. The molecule has 2 heterocycles. The van der Waals surface area contributed by atoms with Crippen LogP contribution in [0.2, 0.25) is 0 Å². The number of nitrogens with one attached hydrogen (secondary N) is 1. The van der Waals surface area contributed by atoms with Crippen LogP contribution in [-0.2, 0) is 9.53 Å². The zero-order valence-corrected chi connectivity index (χ0v) is 9.29. The first-order chi connectivity index (χ1) is 7.14. The van der Waals surface area contributed by atoms with Crippen LogP contribution in [0.4, 0.5) is 0 Å². The summed E-state index contributed by atoms with van der Waals surface area (Å²) in [4.78, 5) is 11.8. The second kappa shape index (κ2) is 4.10. The van der Waals surface area contributed by atoms with Crippen LogP contribution in [0.1, 0.15) is 39.0 Å². The summed E-state index contributed by atoms with van der Waals surface area (Å²) in [7, 11) is 0. The van der Waals surface area contributed by atoms with E-state index < -0.39 is 5.54 Å². The highest BCUT2D eigenvalue weighted by Gasteiger charge is 2.45. The fourth-order valence-corrected chi connectivity index (χ4v) is 2.84. The highest BCUT2D eigenvalue weighted by Crippen LogP contribution is 2.31. The van der Waals surface area contributed by atoms with Gasteiger partial charge in [0.15, 0.2) is 0 Å². The maximum Gasteiger partial charge on any atom is 0.326 e. The minimum atomic E-state index is -0.739. The molecular weight excluding hydrogens is 192 g/mol. The van der Waals surface area contributed by atoms with Crippen LogP contribution in [0, 0.1) is 0 Å². The first-order valence-electron chi connectivity index (χ1n) is 5.86. The number of esters is 1. The van der Waals surface area contributed by atoms with Crippen molar-refractivity contribution in [1.29, 1.82) is 0 Å². The Morgan fingerprint density at radius 1 is 1.47 bits per heavy atom. The number of nitrogens with two attached hydrogens (primary N) is 1. The molecule has 86 valence electrons. The molecule has 0 saturated carbocycles. The monoisotopic (exact) mass is 212 g/mol. The molecule has 0 aliphatic carbocycles. The standard InChI is InChI=1S/C11H20N2O2/c1-2-15-10(14)11(12)6-8-4-3-5-9(7-11)13-8/h8-9,13H,2-7,12H2,1H3. The number of hydrogen-bond acceptors (Lipinski definition) is 4. The average molecular weight is 212 g/mol. The zero-order chi connectivity index (χ0) is 10.9. The largest absolute Gasteiger partial charge is 0.465 e. The van der Waals surface area contributed by atoms with Gasteiger partial charge in [-0.3, -0.25) is 4.79 Å². The van der Waals surface area contributed by atoms with Crippen molar-refractivity contribution in [3.63, 3.8) is 0 Å². The molecule has 2 fully saturated rings. The van der Waals surface area contributed by atoms with Gasteiger partial charge in [0.25, 0.3) is 0 Å². The lowest BCUT2D eigenvalue weighted by Crippen LogP contribution is -2.63. The van der Waals surface area contributed by atoms with Gasteiger partial charge in [0.2, 0.25) is 0 Å². The van der Waals surface area contributed by atoms with Crippen molar-refractivity contribution in [1.82, 2.24) is 5.32 Å². The van der Waals surface area contributed by atoms with Gasteiger partial charge in [-0.25, -0.2) is 0 Å². The number of carbonyl (C=O) groups is 1. The van der Waals surface area contributed by atoms with Crippen LogP contribution in [0.5, 0.6) is 0 Å². The van der Waals surface area contributed by atoms with Gasteiger partial charge in [0.1, 0.15) is 5.54 Å². The predicted molar refractivity (Wildman–Crippen MR) is 57.3 cm³/mol. The van der Waals surface area contributed by atoms with E-state index in [9.17, 15) is 4.79 Å². The van der Waals surface area contributed by atoms with Crippen molar-refractivity contribution in [3.8, 4) is 0 Å². The first-order valence-corrected chi connectivity index (χ1v) is 5.86. The molecule has 0 aromatic carbocycles. The molecule has 0 radical (unpaired) electrons. The Labute approximate surface area is 90.5 Å². The van der Waals surface area contributed by atoms with E-state index in [0.717, 1.165) is 25.7 Å². The molecule has 15 heavy (non-hydrogen) atoms. The van der Waals surface area contributed by atoms with Gasteiger partial charge < -0.3 is 15.8 Å². The van der Waals surface area contributed by atoms with E-state index in [0.29, 0.717) is 18.7 Å². The summed E-state index contributed by atoms with van der Waals surface area (Å²) in [5, 5.41) is 3.52. The first kappa shape index (κ1) is 10.9. The highest BCUT2D eigenvalue weighted by molar-refractivity contribution is 5.81. The second-order valence-electron chi connectivity index (χ2n) is 4.78. The average Bonchev–Trinajstić information content (AvgIpc) is 2.17. The van der Waals surface area contributed by atoms with E-state index in [-0.39, 0.29) is 5.97 Å². The molecule has 3 N–H and O–H groups in total. The lowest BCUT2D eigenvalue weighted by Gasteiger charge is -2.44. The molecule has 0 aromatic heterocycles. The van der Waals surface area contributed by atoms with E-state index in [4.69, 9.17) is 10.5 Å². The van der Waals surface area contributed by atoms with Crippen LogP contribution in [-0.4, -0.2) is 30.2 Å². The SMILES string of the molecule is CCOC(=O)C1(N)CC2CCCC(C1)N2. The summed E-state index contributed by atoms with van der Waals surface area (Å²) < 4.78 is 5.06. The Morgan fingerprint density at radius 2 is 2.07 bits per heavy atom. The minimum Gasteiger partial charge on any atom is -0.465 e. The lowest BCUT2D eigenvalue weighted by atomic mass is 9.75. The van der Waals surface area contributed by atoms with Crippen molar-refractivity contribution in [2.45, 2.75) is 56.7 Å². The highest BCUT2D eigenvalue weighted by atomic mass is 16.5. The molecule has 2 rings (SSSR count). The molecule has 2 bridgehead atoms. The normalized spacial score (nSPS) is 39.9. The predicted octanol–water partition coefficient (Wildman–Crippen LogP) is 0.551. The summed E-state index contributed by atoms with van der Waals surface area (Å²) in [6.45, 7) is 2.24. The lowest BCUT2D eigenvalue weighted by molar-refractivity contribution is -0.152. The summed E-state index contributed by atoms with van der Waals surface area (Å²) in [5.74, 6) is -0.219. The number of fused-ring (bicyclic) bond motifs is 2. The fraction of sp³-hybridized carbons (Fsp3) is 0.909. The Morgan fingerprint density at radius 3 is 2.60 bits per heavy atom. The van der Waals surface area contributed by atoms with Gasteiger partial charge in [-0.05, 0) is 32.6 Å². The van der Waals surface area contributed by atoms with Crippen molar-refractivity contribution in [3.05, 3.63) is 0 Å². The molecular formula is C11H20N2O2. The Bertz CT molecular complexity index is 243. The Balaban J connectivity index is 2.05. The molecule has 0 aromatic rings. The number of rotatable bonds is 2. The maximum absolute atomic E-state index is 11.8. The molecule has 0 amide bonds. The van der Waals surface area contributed by atoms with E-state index in [2.05, 4.69) is 5.32 Å². The maximum atomic E-state index is 11.8. The fourth-order valence-electron chi connectivity index (χ4n) is 2.84. The number of piperidine rings is 2. The van der Waals surface area contributed by atoms with Crippen LogP contribution >= 0.6 is 0 Å². The Kier molecular flexibility index (Phi) is 2.98. The Hall–Kier alpha value is -0.610. The molecule has 2 unspecified atom stereocenters. The molecule has 4 heteroatoms. The molecule has 2 aliphatic heterocycles. The van der Waals surface area contributed by atoms with Crippen LogP contribution in [0.3, 0.4) is 0 Å². The number of ether oxygens (including phenoxy) is 1. The van der Waals surface area contributed by atoms with Crippen molar-refractivity contribution >= 4 is 5.97 Å². The second-order valence-corrected chi connectivity index (χ2v) is 4.78. The summed E-state index contributed by atoms with van der Waals surface area (Å²) in [6.07, 6.45) is 4.97. The molecule has 2 saturated heterocycles. The molecule has 0 spiro atoms. The minimum absolute atomic E-state index is 0.219. The quantitative estimate of drug-likeness (QED) is 0.656. The van der Waals surface area contributed by atoms with Gasteiger partial charge in [-0.2, -0.15) is 0 Å². The van der Waals surface area contributed by atoms with Gasteiger partial charge >= 0.3 is 5.97 Å². The third kappa shape index (κ3) is 2.16. The molecule has 4 nitrogen and oxygen atoms in total. The topological polar surface area (TPSA) is 64.3 Å². The third-order valence-electron chi connectivity index (χ3n) is 3.48. The van der Waals surface area contributed by atoms with Crippen molar-refractivity contribution in [2.75, 3.05) is 6.61 Å².